The van der Waals surface area contributed by atoms with E-state index < -0.39 is 89.1 Å². The first-order valence-electron chi connectivity index (χ1n) is 30.2. The van der Waals surface area contributed by atoms with Gasteiger partial charge in [0, 0.05) is 52.3 Å². The van der Waals surface area contributed by atoms with Gasteiger partial charge in [-0.15, -0.1) is 29.3 Å². The minimum atomic E-state index is -3.00. The van der Waals surface area contributed by atoms with Gasteiger partial charge in [0.15, 0.2) is 0 Å². The van der Waals surface area contributed by atoms with E-state index in [9.17, 15) is 6.48 Å². The second kappa shape index (κ2) is 19.0. The SMILES string of the molecule is [2H]c1nc(-c2[c-]c(-c3cccc4c3nc(-c3cc(C(C)(C)C)cc(C(C)(C)C)c3O)n4-c3cc(C([2H])([2H])[2H])c(-c4ccc(C(C)(C)C)cc4)cc3-c3ccccc3)cc(C(C)(C)C)c2)c([2H])c(-c2c([2H])c([2H])c(C([2H])([2H])[2H])c([2H])c2[2H])c1[2H].[Pt]. The van der Waals surface area contributed by atoms with Gasteiger partial charge < -0.3 is 5.11 Å². The molecule has 9 rings (SSSR count). The summed E-state index contributed by atoms with van der Waals surface area (Å²) < 4.78 is 116. The second-order valence-electron chi connectivity index (χ2n) is 22.4. The monoisotopic (exact) mass is 1130 g/mol. The third kappa shape index (κ3) is 10.2. The molecule has 0 aliphatic heterocycles. The minimum absolute atomic E-state index is 0. The van der Waals surface area contributed by atoms with Crippen LogP contribution in [0.3, 0.4) is 0 Å². The van der Waals surface area contributed by atoms with Crippen LogP contribution in [0.4, 0.5) is 0 Å². The number of rotatable bonds is 7. The zero-order valence-electron chi connectivity index (χ0n) is 55.5. The van der Waals surface area contributed by atoms with Gasteiger partial charge in [0.1, 0.15) is 11.6 Å². The number of imidazole rings is 1. The van der Waals surface area contributed by atoms with Gasteiger partial charge in [-0.2, -0.15) is 0 Å². The molecule has 0 atom stereocenters. The number of phenolic OH excluding ortho intramolecular Hbond substituents is 1. The maximum Gasteiger partial charge on any atom is 0.148 e. The summed E-state index contributed by atoms with van der Waals surface area (Å²) >= 11 is 0. The predicted octanol–water partition coefficient (Wildman–Crippen LogP) is 17.7. The maximum absolute atomic E-state index is 12.8. The van der Waals surface area contributed by atoms with Crippen LogP contribution in [0.15, 0.2) is 152 Å². The quantitative estimate of drug-likeness (QED) is 0.162. The molecule has 1 N–H and O–H groups in total. The van der Waals surface area contributed by atoms with E-state index in [0.29, 0.717) is 55.9 Å². The number of para-hydroxylation sites is 1. The summed E-state index contributed by atoms with van der Waals surface area (Å²) in [5.74, 6) is 0.322. The van der Waals surface area contributed by atoms with Crippen LogP contribution in [0.5, 0.6) is 5.75 Å². The minimum Gasteiger partial charge on any atom is -0.507 e. The molecule has 0 radical (unpaired) electrons. The molecule has 0 saturated carbocycles. The molecule has 9 aromatic rings. The van der Waals surface area contributed by atoms with Crippen LogP contribution in [-0.4, -0.2) is 19.6 Å². The third-order valence-electron chi connectivity index (χ3n) is 13.0. The molecular weight excluding hydrogens is 1050 g/mol. The number of aryl methyl sites for hydroxylation is 1. The number of nitrogens with zero attached hydrogens (tertiary/aromatic N) is 3. The summed E-state index contributed by atoms with van der Waals surface area (Å²) in [6.45, 7) is 19.2. The number of phenols is 1. The van der Waals surface area contributed by atoms with Crippen molar-refractivity contribution >= 4 is 11.0 Å². The number of aromatic nitrogens is 3. The van der Waals surface area contributed by atoms with Crippen molar-refractivity contribution in [3.63, 3.8) is 0 Å². The average molecular weight is 1130 g/mol. The van der Waals surface area contributed by atoms with Crippen LogP contribution in [0.1, 0.15) is 134 Å². The Hall–Kier alpha value is -6.35. The van der Waals surface area contributed by atoms with E-state index in [4.69, 9.17) is 21.4 Å². The second-order valence-corrected chi connectivity index (χ2v) is 22.4. The molecular formula is C66H68N3OPt-. The summed E-state index contributed by atoms with van der Waals surface area (Å²) in [7, 11) is 0. The molecule has 7 aromatic carbocycles. The van der Waals surface area contributed by atoms with Crippen molar-refractivity contribution in [3.8, 4) is 78.6 Å². The van der Waals surface area contributed by atoms with Crippen LogP contribution in [-0.2, 0) is 42.7 Å². The topological polar surface area (TPSA) is 50.9 Å². The molecule has 0 bridgehead atoms. The number of aromatic hydroxyl groups is 1. The van der Waals surface area contributed by atoms with E-state index in [1.807, 2.05) is 143 Å². The van der Waals surface area contributed by atoms with Gasteiger partial charge in [0.05, 0.1) is 31.9 Å². The molecule has 2 heterocycles. The fourth-order valence-corrected chi connectivity index (χ4v) is 8.84. The molecule has 2 aromatic heterocycles. The normalized spacial score (nSPS) is 15.3. The predicted molar refractivity (Wildman–Crippen MR) is 296 cm³/mol. The Bertz CT molecular complexity index is 4030. The fourth-order valence-electron chi connectivity index (χ4n) is 8.84. The van der Waals surface area contributed by atoms with Crippen molar-refractivity contribution in [3.05, 3.63) is 191 Å². The van der Waals surface area contributed by atoms with Gasteiger partial charge in [0.2, 0.25) is 0 Å². The molecule has 0 aliphatic rings. The van der Waals surface area contributed by atoms with E-state index in [1.165, 1.54) is 0 Å². The van der Waals surface area contributed by atoms with Gasteiger partial charge in [-0.05, 0) is 110 Å². The smallest absolute Gasteiger partial charge is 0.148 e. The van der Waals surface area contributed by atoms with Crippen molar-refractivity contribution < 1.29 is 44.0 Å². The fraction of sp³-hybridized carbons (Fsp3) is 0.273. The van der Waals surface area contributed by atoms with E-state index in [1.54, 1.807) is 12.1 Å². The van der Waals surface area contributed by atoms with Crippen LogP contribution in [0.2, 0.25) is 0 Å². The number of hydrogen-bond donors (Lipinski definition) is 1. The number of hydrogen-bond acceptors (Lipinski definition) is 3. The molecule has 4 nitrogen and oxygen atoms in total. The Morgan fingerprint density at radius 3 is 1.83 bits per heavy atom. The molecule has 364 valence electrons. The van der Waals surface area contributed by atoms with Crippen molar-refractivity contribution in [2.75, 3.05) is 0 Å². The molecule has 0 fully saturated rings. The van der Waals surface area contributed by atoms with Crippen LogP contribution in [0, 0.1) is 19.8 Å². The molecule has 0 spiro atoms. The molecule has 0 amide bonds. The number of fused-ring (bicyclic) bond motifs is 1. The molecule has 0 aliphatic carbocycles. The van der Waals surface area contributed by atoms with Crippen molar-refractivity contribution in [1.29, 1.82) is 0 Å². The van der Waals surface area contributed by atoms with Crippen molar-refractivity contribution in [2.24, 2.45) is 0 Å². The standard InChI is InChI=1S/C66H68N3O.Pt/c1-41-23-25-43(26-24-41)46-31-32-67-57(37-46)48-34-47(35-50(36-48)64(6,7)8)52-21-18-22-58-60(52)68-62(55-38-51(65(9,10)11)39-56(61(55)70)66(12,13)14)69(58)59-33-42(2)53(40-54(59)44-19-16-15-17-20-44)45-27-29-49(30-28-45)63(3,4)5;/h15-33,35-40,70H,1-14H3;/q-1;/i1D3,2D3,23D,24D,25D,26D,31D,32D,37D;. The Balaban J connectivity index is 0.00000920. The van der Waals surface area contributed by atoms with E-state index in [-0.39, 0.29) is 49.1 Å². The van der Waals surface area contributed by atoms with E-state index in [2.05, 4.69) is 52.6 Å². The van der Waals surface area contributed by atoms with Crippen molar-refractivity contribution in [1.82, 2.24) is 14.5 Å². The zero-order chi connectivity index (χ0) is 61.2. The Morgan fingerprint density at radius 2 is 1.20 bits per heavy atom. The van der Waals surface area contributed by atoms with Gasteiger partial charge in [-0.3, -0.25) is 9.55 Å². The number of benzene rings is 7. The van der Waals surface area contributed by atoms with Crippen molar-refractivity contribution in [2.45, 2.75) is 118 Å². The number of pyridine rings is 1. The third-order valence-corrected chi connectivity index (χ3v) is 13.0. The summed E-state index contributed by atoms with van der Waals surface area (Å²) in [6, 6.07) is 33.8. The molecule has 0 unspecified atom stereocenters. The van der Waals surface area contributed by atoms with E-state index >= 15 is 0 Å². The Kier molecular flexibility index (Phi) is 9.78. The first-order valence-corrected chi connectivity index (χ1v) is 23.7. The molecule has 5 heteroatoms. The van der Waals surface area contributed by atoms with Gasteiger partial charge in [0.25, 0.3) is 0 Å². The average Bonchev–Trinajstić information content (AvgIpc) is 1.92. The first kappa shape index (κ1) is 36.6. The Labute approximate surface area is 455 Å². The maximum atomic E-state index is 12.8. The van der Waals surface area contributed by atoms with Crippen LogP contribution in [0.25, 0.3) is 83.9 Å². The van der Waals surface area contributed by atoms with Crippen LogP contribution >= 0.6 is 0 Å². The van der Waals surface area contributed by atoms with Gasteiger partial charge >= 0.3 is 0 Å². The largest absolute Gasteiger partial charge is 0.507 e. The summed E-state index contributed by atoms with van der Waals surface area (Å²) in [4.78, 5) is 10.00. The summed E-state index contributed by atoms with van der Waals surface area (Å²) in [6.07, 6.45) is -0.630. The first-order chi connectivity index (χ1) is 38.3. The van der Waals surface area contributed by atoms with Crippen LogP contribution < -0.4 is 0 Å². The Morgan fingerprint density at radius 1 is 0.549 bits per heavy atom. The molecule has 71 heavy (non-hydrogen) atoms. The molecule has 0 saturated heterocycles. The summed E-state index contributed by atoms with van der Waals surface area (Å²) in [5, 5.41) is 12.8. The van der Waals surface area contributed by atoms with E-state index in [0.717, 1.165) is 27.8 Å². The summed E-state index contributed by atoms with van der Waals surface area (Å²) in [5.41, 5.74) is 5.77. The zero-order valence-corrected chi connectivity index (χ0v) is 44.8. The van der Waals surface area contributed by atoms with Gasteiger partial charge in [-0.1, -0.05) is 203 Å². The van der Waals surface area contributed by atoms with Gasteiger partial charge in [-0.25, -0.2) is 4.98 Å².